The van der Waals surface area contributed by atoms with Crippen LogP contribution in [0, 0.1) is 6.92 Å². The fourth-order valence-electron chi connectivity index (χ4n) is 2.14. The highest BCUT2D eigenvalue weighted by Gasteiger charge is 2.05. The van der Waals surface area contributed by atoms with E-state index in [-0.39, 0.29) is 0 Å². The third kappa shape index (κ3) is 2.34. The molecule has 98 valence electrons. The summed E-state index contributed by atoms with van der Waals surface area (Å²) in [5.74, 6) is 0.914. The molecule has 0 saturated heterocycles. The normalized spacial score (nSPS) is 11.3. The lowest BCUT2D eigenvalue weighted by Crippen LogP contribution is -2.15. The molecule has 3 aromatic heterocycles. The lowest BCUT2D eigenvalue weighted by atomic mass is 10.2. The maximum Gasteiger partial charge on any atom is 0.160 e. The number of aryl methyl sites for hydroxylation is 2. The van der Waals surface area contributed by atoms with Crippen LogP contribution in [0.3, 0.4) is 0 Å². The fraction of sp³-hybridized carbons (Fsp3) is 0.308. The molecule has 0 radical (unpaired) electrons. The molecular weight excluding hydrogens is 240 g/mol. The van der Waals surface area contributed by atoms with E-state index in [0.717, 1.165) is 23.7 Å². The minimum Gasteiger partial charge on any atom is -0.306 e. The molecule has 0 bridgehead atoms. The Morgan fingerprint density at radius 3 is 2.89 bits per heavy atom. The smallest absolute Gasteiger partial charge is 0.160 e. The van der Waals surface area contributed by atoms with E-state index < -0.39 is 0 Å². The van der Waals surface area contributed by atoms with Crippen molar-refractivity contribution in [2.45, 2.75) is 20.0 Å². The summed E-state index contributed by atoms with van der Waals surface area (Å²) in [6.07, 6.45) is 4.01. The van der Waals surface area contributed by atoms with Crippen molar-refractivity contribution >= 4 is 5.65 Å². The predicted molar refractivity (Wildman–Crippen MR) is 71.5 cm³/mol. The van der Waals surface area contributed by atoms with Crippen LogP contribution in [0.25, 0.3) is 5.65 Å². The summed E-state index contributed by atoms with van der Waals surface area (Å²) >= 11 is 0. The summed E-state index contributed by atoms with van der Waals surface area (Å²) in [5, 5.41) is 16.0. The molecule has 19 heavy (non-hydrogen) atoms. The molecule has 0 spiro atoms. The van der Waals surface area contributed by atoms with Crippen molar-refractivity contribution in [3.05, 3.63) is 47.7 Å². The molecular formula is C13H16N6. The van der Waals surface area contributed by atoms with Crippen LogP contribution >= 0.6 is 0 Å². The zero-order valence-corrected chi connectivity index (χ0v) is 11.0. The van der Waals surface area contributed by atoms with E-state index >= 15 is 0 Å². The van der Waals surface area contributed by atoms with Gasteiger partial charge in [0, 0.05) is 31.5 Å². The second-order valence-electron chi connectivity index (χ2n) is 4.56. The van der Waals surface area contributed by atoms with E-state index in [2.05, 4.69) is 20.6 Å². The van der Waals surface area contributed by atoms with Gasteiger partial charge in [0.2, 0.25) is 0 Å². The van der Waals surface area contributed by atoms with Gasteiger partial charge in [0.1, 0.15) is 0 Å². The second kappa shape index (κ2) is 4.81. The second-order valence-corrected chi connectivity index (χ2v) is 4.56. The summed E-state index contributed by atoms with van der Waals surface area (Å²) < 4.78 is 3.82. The maximum absolute atomic E-state index is 4.32. The van der Waals surface area contributed by atoms with Crippen molar-refractivity contribution in [1.82, 2.24) is 29.7 Å². The van der Waals surface area contributed by atoms with Gasteiger partial charge in [-0.05, 0) is 19.1 Å². The molecule has 0 aliphatic heterocycles. The Balaban J connectivity index is 1.68. The molecule has 3 rings (SSSR count). The Morgan fingerprint density at radius 1 is 1.21 bits per heavy atom. The van der Waals surface area contributed by atoms with Gasteiger partial charge < -0.3 is 5.32 Å². The summed E-state index contributed by atoms with van der Waals surface area (Å²) in [4.78, 5) is 0. The van der Waals surface area contributed by atoms with E-state index in [1.165, 1.54) is 5.56 Å². The van der Waals surface area contributed by atoms with Gasteiger partial charge in [-0.15, -0.1) is 10.2 Å². The average molecular weight is 256 g/mol. The van der Waals surface area contributed by atoms with Crippen molar-refractivity contribution in [2.24, 2.45) is 7.05 Å². The summed E-state index contributed by atoms with van der Waals surface area (Å²) in [6.45, 7) is 3.48. The minimum absolute atomic E-state index is 0.680. The number of fused-ring (bicyclic) bond motifs is 1. The standard InChI is InChI=1S/C13H16N6/c1-10-11(9-18(2)17-10)7-14-8-13-16-15-12-5-3-4-6-19(12)13/h3-6,9,14H,7-8H2,1-2H3. The Labute approximate surface area is 111 Å². The zero-order valence-electron chi connectivity index (χ0n) is 11.0. The van der Waals surface area contributed by atoms with E-state index in [1.54, 1.807) is 0 Å². The number of hydrogen-bond acceptors (Lipinski definition) is 4. The maximum atomic E-state index is 4.32. The highest BCUT2D eigenvalue weighted by Crippen LogP contribution is 2.05. The van der Waals surface area contributed by atoms with Crippen molar-refractivity contribution in [3.63, 3.8) is 0 Å². The number of aromatic nitrogens is 5. The van der Waals surface area contributed by atoms with Gasteiger partial charge in [0.15, 0.2) is 11.5 Å². The van der Waals surface area contributed by atoms with Gasteiger partial charge in [0.05, 0.1) is 12.2 Å². The van der Waals surface area contributed by atoms with Crippen LogP contribution in [-0.4, -0.2) is 24.4 Å². The van der Waals surface area contributed by atoms with Gasteiger partial charge in [-0.2, -0.15) is 5.10 Å². The third-order valence-electron chi connectivity index (χ3n) is 3.10. The minimum atomic E-state index is 0.680. The molecule has 0 aromatic carbocycles. The van der Waals surface area contributed by atoms with Crippen molar-refractivity contribution in [1.29, 1.82) is 0 Å². The van der Waals surface area contributed by atoms with Crippen LogP contribution in [0.1, 0.15) is 17.1 Å². The Morgan fingerprint density at radius 2 is 2.11 bits per heavy atom. The van der Waals surface area contributed by atoms with Crippen LogP contribution in [0.5, 0.6) is 0 Å². The van der Waals surface area contributed by atoms with Crippen molar-refractivity contribution in [2.75, 3.05) is 0 Å². The SMILES string of the molecule is Cc1nn(C)cc1CNCc1nnc2ccccn12. The van der Waals surface area contributed by atoms with Crippen LogP contribution < -0.4 is 5.32 Å². The summed E-state index contributed by atoms with van der Waals surface area (Å²) in [6, 6.07) is 5.88. The molecule has 0 atom stereocenters. The molecule has 6 heteroatoms. The van der Waals surface area contributed by atoms with Crippen molar-refractivity contribution < 1.29 is 0 Å². The Kier molecular flexibility index (Phi) is 3.00. The number of nitrogens with zero attached hydrogens (tertiary/aromatic N) is 5. The lowest BCUT2D eigenvalue weighted by Gasteiger charge is -2.02. The van der Waals surface area contributed by atoms with Crippen LogP contribution in [-0.2, 0) is 20.1 Å². The lowest BCUT2D eigenvalue weighted by molar-refractivity contribution is 0.654. The van der Waals surface area contributed by atoms with Gasteiger partial charge in [-0.25, -0.2) is 0 Å². The third-order valence-corrected chi connectivity index (χ3v) is 3.10. The number of nitrogens with one attached hydrogen (secondary N) is 1. The molecule has 0 unspecified atom stereocenters. The number of hydrogen-bond donors (Lipinski definition) is 1. The predicted octanol–water partition coefficient (Wildman–Crippen LogP) is 1.06. The monoisotopic (exact) mass is 256 g/mol. The summed E-state index contributed by atoms with van der Waals surface area (Å²) in [7, 11) is 1.93. The highest BCUT2D eigenvalue weighted by molar-refractivity contribution is 5.36. The molecule has 0 aliphatic rings. The first kappa shape index (κ1) is 11.9. The fourth-order valence-corrected chi connectivity index (χ4v) is 2.14. The first-order valence-corrected chi connectivity index (χ1v) is 6.22. The van der Waals surface area contributed by atoms with Crippen LogP contribution in [0.15, 0.2) is 30.6 Å². The Bertz CT molecular complexity index is 696. The first-order valence-electron chi connectivity index (χ1n) is 6.22. The van der Waals surface area contributed by atoms with E-state index in [1.807, 2.05) is 53.6 Å². The van der Waals surface area contributed by atoms with Gasteiger partial charge in [0.25, 0.3) is 0 Å². The largest absolute Gasteiger partial charge is 0.306 e. The number of pyridine rings is 1. The molecule has 0 amide bonds. The molecule has 1 N–H and O–H groups in total. The van der Waals surface area contributed by atoms with E-state index in [9.17, 15) is 0 Å². The van der Waals surface area contributed by atoms with Gasteiger partial charge in [-0.3, -0.25) is 9.08 Å². The summed E-state index contributed by atoms with van der Waals surface area (Å²) in [5.41, 5.74) is 3.13. The topological polar surface area (TPSA) is 60.0 Å². The average Bonchev–Trinajstić information content (AvgIpc) is 2.94. The molecule has 0 fully saturated rings. The Hall–Kier alpha value is -2.21. The van der Waals surface area contributed by atoms with Crippen molar-refractivity contribution in [3.8, 4) is 0 Å². The van der Waals surface area contributed by atoms with Gasteiger partial charge in [-0.1, -0.05) is 6.07 Å². The first-order chi connectivity index (χ1) is 9.24. The molecule has 0 aliphatic carbocycles. The van der Waals surface area contributed by atoms with Crippen LogP contribution in [0.4, 0.5) is 0 Å². The highest BCUT2D eigenvalue weighted by atomic mass is 15.3. The van der Waals surface area contributed by atoms with E-state index in [0.29, 0.717) is 6.54 Å². The number of rotatable bonds is 4. The van der Waals surface area contributed by atoms with Crippen LogP contribution in [0.2, 0.25) is 0 Å². The van der Waals surface area contributed by atoms with E-state index in [4.69, 9.17) is 0 Å². The molecule has 3 heterocycles. The molecule has 3 aromatic rings. The molecule has 0 saturated carbocycles. The van der Waals surface area contributed by atoms with Gasteiger partial charge >= 0.3 is 0 Å². The quantitative estimate of drug-likeness (QED) is 0.758. The molecule has 6 nitrogen and oxygen atoms in total. The zero-order chi connectivity index (χ0) is 13.2.